The van der Waals surface area contributed by atoms with E-state index < -0.39 is 28.1 Å². The lowest BCUT2D eigenvalue weighted by Crippen LogP contribution is -2.24. The second-order valence-electron chi connectivity index (χ2n) is 7.26. The zero-order valence-corrected chi connectivity index (χ0v) is 17.5. The fraction of sp³-hybridized carbons (Fsp3) is 0.333. The fourth-order valence-electron chi connectivity index (χ4n) is 3.55. The minimum absolute atomic E-state index is 0.0193. The molecule has 0 aromatic heterocycles. The Hall–Kier alpha value is -2.87. The number of rotatable bonds is 5. The largest absolute Gasteiger partial charge is 0.460 e. The van der Waals surface area contributed by atoms with Crippen LogP contribution < -0.4 is 4.72 Å². The van der Waals surface area contributed by atoms with Crippen LogP contribution in [0.4, 0.5) is 5.69 Å². The number of benzene rings is 2. The van der Waals surface area contributed by atoms with E-state index in [1.807, 2.05) is 6.92 Å². The summed E-state index contributed by atoms with van der Waals surface area (Å²) in [4.78, 5) is 24.5. The number of sulfonamides is 1. The highest BCUT2D eigenvalue weighted by atomic mass is 32.2. The molecule has 2 aromatic rings. The van der Waals surface area contributed by atoms with Crippen LogP contribution in [0.2, 0.25) is 0 Å². The molecule has 1 aliphatic rings. The van der Waals surface area contributed by atoms with Gasteiger partial charge in [0.25, 0.3) is 10.0 Å². The van der Waals surface area contributed by atoms with Crippen molar-refractivity contribution in [3.05, 3.63) is 58.7 Å². The molecule has 0 unspecified atom stereocenters. The Bertz CT molecular complexity index is 1050. The standard InChI is InChI=1S/C21H23NO6S/c1-12-9-13(2)19(14(3)10-12)29(25,26)22-17-8-6-5-7-16(17)20(23)28-18-11-15(4)27-21(18)24/h5-10,15,18,22H,11H2,1-4H3/t15-,18+/m0/s1. The van der Waals surface area contributed by atoms with Crippen LogP contribution in [0.15, 0.2) is 41.3 Å². The fourth-order valence-corrected chi connectivity index (χ4v) is 5.08. The SMILES string of the molecule is Cc1cc(C)c(S(=O)(=O)Nc2ccccc2C(=O)O[C@@H]2C[C@H](C)OC2=O)c(C)c1. The molecule has 8 heteroatoms. The summed E-state index contributed by atoms with van der Waals surface area (Å²) in [6.07, 6.45) is -1.06. The van der Waals surface area contributed by atoms with Crippen LogP contribution in [0, 0.1) is 20.8 Å². The Labute approximate surface area is 170 Å². The van der Waals surface area contributed by atoms with Gasteiger partial charge in [0.15, 0.2) is 0 Å². The predicted molar refractivity (Wildman–Crippen MR) is 107 cm³/mol. The first kappa shape index (κ1) is 20.9. The third kappa shape index (κ3) is 4.42. The number of esters is 2. The van der Waals surface area contributed by atoms with Crippen LogP contribution in [-0.2, 0) is 24.3 Å². The van der Waals surface area contributed by atoms with Crippen molar-refractivity contribution < 1.29 is 27.5 Å². The van der Waals surface area contributed by atoms with Gasteiger partial charge in [0.05, 0.1) is 16.1 Å². The molecule has 154 valence electrons. The molecular formula is C21H23NO6S. The zero-order valence-electron chi connectivity index (χ0n) is 16.7. The molecule has 29 heavy (non-hydrogen) atoms. The molecule has 1 N–H and O–H groups in total. The topological polar surface area (TPSA) is 98.8 Å². The van der Waals surface area contributed by atoms with Gasteiger partial charge in [0.2, 0.25) is 6.10 Å². The van der Waals surface area contributed by atoms with E-state index in [9.17, 15) is 18.0 Å². The maximum absolute atomic E-state index is 13.0. The van der Waals surface area contributed by atoms with Crippen molar-refractivity contribution in [2.45, 2.75) is 51.2 Å². The first-order valence-corrected chi connectivity index (χ1v) is 10.7. The lowest BCUT2D eigenvalue weighted by atomic mass is 10.1. The van der Waals surface area contributed by atoms with Gasteiger partial charge in [-0.1, -0.05) is 29.8 Å². The summed E-state index contributed by atoms with van der Waals surface area (Å²) in [7, 11) is -3.94. The monoisotopic (exact) mass is 417 g/mol. The number of aryl methyl sites for hydroxylation is 3. The number of carbonyl (C=O) groups is 2. The van der Waals surface area contributed by atoms with Gasteiger partial charge in [0, 0.05) is 6.42 Å². The number of nitrogens with one attached hydrogen (secondary N) is 1. The highest BCUT2D eigenvalue weighted by molar-refractivity contribution is 7.92. The normalized spacial score (nSPS) is 19.0. The van der Waals surface area contributed by atoms with E-state index in [2.05, 4.69) is 4.72 Å². The maximum Gasteiger partial charge on any atom is 0.347 e. The van der Waals surface area contributed by atoms with E-state index in [4.69, 9.17) is 9.47 Å². The number of hydrogen-bond acceptors (Lipinski definition) is 6. The van der Waals surface area contributed by atoms with Gasteiger partial charge in [-0.05, 0) is 51.0 Å². The molecule has 0 radical (unpaired) electrons. The summed E-state index contributed by atoms with van der Waals surface area (Å²) in [6.45, 7) is 7.05. The molecule has 0 aliphatic carbocycles. The van der Waals surface area contributed by atoms with Gasteiger partial charge in [-0.25, -0.2) is 18.0 Å². The summed E-state index contributed by atoms with van der Waals surface area (Å²) in [5, 5.41) is 0. The minimum atomic E-state index is -3.94. The Morgan fingerprint density at radius 2 is 1.76 bits per heavy atom. The molecule has 1 aliphatic heterocycles. The molecule has 2 aromatic carbocycles. The van der Waals surface area contributed by atoms with Gasteiger partial charge in [-0.2, -0.15) is 0 Å². The van der Waals surface area contributed by atoms with Crippen LogP contribution >= 0.6 is 0 Å². The molecule has 0 bridgehead atoms. The van der Waals surface area contributed by atoms with Crippen molar-refractivity contribution in [3.63, 3.8) is 0 Å². The molecule has 0 spiro atoms. The summed E-state index contributed by atoms with van der Waals surface area (Å²) in [5.74, 6) is -1.40. The molecule has 2 atom stereocenters. The number of anilines is 1. The number of ether oxygens (including phenoxy) is 2. The van der Waals surface area contributed by atoms with Crippen LogP contribution in [-0.4, -0.2) is 32.6 Å². The van der Waals surface area contributed by atoms with Crippen molar-refractivity contribution in [3.8, 4) is 0 Å². The lowest BCUT2D eigenvalue weighted by molar-refractivity contribution is -0.147. The molecule has 7 nitrogen and oxygen atoms in total. The van der Waals surface area contributed by atoms with Crippen LogP contribution in [0.1, 0.15) is 40.4 Å². The van der Waals surface area contributed by atoms with Gasteiger partial charge < -0.3 is 9.47 Å². The highest BCUT2D eigenvalue weighted by Gasteiger charge is 2.35. The third-order valence-electron chi connectivity index (χ3n) is 4.64. The summed E-state index contributed by atoms with van der Waals surface area (Å²) in [6, 6.07) is 9.69. The summed E-state index contributed by atoms with van der Waals surface area (Å²) in [5.41, 5.74) is 2.28. The third-order valence-corrected chi connectivity index (χ3v) is 6.31. The molecule has 1 fully saturated rings. The van der Waals surface area contributed by atoms with Crippen molar-refractivity contribution in [1.82, 2.24) is 0 Å². The van der Waals surface area contributed by atoms with Gasteiger partial charge in [-0.15, -0.1) is 0 Å². The smallest absolute Gasteiger partial charge is 0.347 e. The van der Waals surface area contributed by atoms with E-state index in [1.54, 1.807) is 45.0 Å². The van der Waals surface area contributed by atoms with Crippen molar-refractivity contribution in [2.24, 2.45) is 0 Å². The van der Waals surface area contributed by atoms with Gasteiger partial charge in [-0.3, -0.25) is 4.72 Å². The maximum atomic E-state index is 13.0. The van der Waals surface area contributed by atoms with Gasteiger partial charge in [0.1, 0.15) is 6.10 Å². The first-order valence-electron chi connectivity index (χ1n) is 9.19. The predicted octanol–water partition coefficient (Wildman–Crippen LogP) is 3.27. The highest BCUT2D eigenvalue weighted by Crippen LogP contribution is 2.27. The number of cyclic esters (lactones) is 1. The Balaban J connectivity index is 1.89. The molecular weight excluding hydrogens is 394 g/mol. The number of carbonyl (C=O) groups excluding carboxylic acids is 2. The molecule has 1 saturated heterocycles. The van der Waals surface area contributed by atoms with E-state index in [1.165, 1.54) is 12.1 Å². The number of para-hydroxylation sites is 1. The quantitative estimate of drug-likeness (QED) is 0.750. The summed E-state index contributed by atoms with van der Waals surface area (Å²) >= 11 is 0. The average Bonchev–Trinajstić information content (AvgIpc) is 2.90. The zero-order chi connectivity index (χ0) is 21.3. The number of hydrogen-bond donors (Lipinski definition) is 1. The second-order valence-corrected chi connectivity index (χ2v) is 8.88. The summed E-state index contributed by atoms with van der Waals surface area (Å²) < 4.78 is 38.8. The van der Waals surface area contributed by atoms with E-state index in [0.717, 1.165) is 5.56 Å². The van der Waals surface area contributed by atoms with E-state index in [-0.39, 0.29) is 28.7 Å². The first-order chi connectivity index (χ1) is 13.6. The molecule has 0 amide bonds. The average molecular weight is 417 g/mol. The molecule has 1 heterocycles. The minimum Gasteiger partial charge on any atom is -0.460 e. The van der Waals surface area contributed by atoms with Crippen LogP contribution in [0.3, 0.4) is 0 Å². The van der Waals surface area contributed by atoms with E-state index >= 15 is 0 Å². The van der Waals surface area contributed by atoms with Crippen molar-refractivity contribution >= 4 is 27.6 Å². The van der Waals surface area contributed by atoms with Crippen LogP contribution in [0.5, 0.6) is 0 Å². The van der Waals surface area contributed by atoms with Crippen molar-refractivity contribution in [1.29, 1.82) is 0 Å². The Morgan fingerprint density at radius 3 is 2.34 bits per heavy atom. The molecule has 3 rings (SSSR count). The Kier molecular flexibility index (Phi) is 5.66. The molecule has 0 saturated carbocycles. The van der Waals surface area contributed by atoms with Crippen molar-refractivity contribution in [2.75, 3.05) is 4.72 Å². The van der Waals surface area contributed by atoms with Crippen LogP contribution in [0.25, 0.3) is 0 Å². The Morgan fingerprint density at radius 1 is 1.14 bits per heavy atom. The van der Waals surface area contributed by atoms with Gasteiger partial charge >= 0.3 is 11.9 Å². The lowest BCUT2D eigenvalue weighted by Gasteiger charge is -2.16. The second kappa shape index (κ2) is 7.87. The van der Waals surface area contributed by atoms with E-state index in [0.29, 0.717) is 11.1 Å².